The third-order valence-electron chi connectivity index (χ3n) is 4.48. The third-order valence-corrected chi connectivity index (χ3v) is 4.48. The molecule has 1 fully saturated rings. The van der Waals surface area contributed by atoms with Gasteiger partial charge >= 0.3 is 5.97 Å². The van der Waals surface area contributed by atoms with E-state index in [2.05, 4.69) is 42.0 Å². The standard InChI is InChI=1S/C20H31N3O3.HI/c1-5-21-20(23-9-6-17(7-10-23)19(24)25-4)22-8-11-26-18-13-15(2)12-16(3)14-18;/h12-14,17H,5-11H2,1-4H3,(H,21,22);1H. The van der Waals surface area contributed by atoms with Gasteiger partial charge in [-0.3, -0.25) is 4.79 Å². The first-order valence-corrected chi connectivity index (χ1v) is 9.35. The van der Waals surface area contributed by atoms with Crippen LogP contribution in [0, 0.1) is 19.8 Å². The molecule has 6 nitrogen and oxygen atoms in total. The van der Waals surface area contributed by atoms with Gasteiger partial charge in [0.25, 0.3) is 0 Å². The summed E-state index contributed by atoms with van der Waals surface area (Å²) in [5, 5.41) is 3.33. The van der Waals surface area contributed by atoms with E-state index in [1.54, 1.807) is 0 Å². The van der Waals surface area contributed by atoms with Crippen LogP contribution >= 0.6 is 24.0 Å². The van der Waals surface area contributed by atoms with Crippen LogP contribution in [-0.2, 0) is 9.53 Å². The van der Waals surface area contributed by atoms with Crippen molar-refractivity contribution in [3.05, 3.63) is 29.3 Å². The van der Waals surface area contributed by atoms with Crippen molar-refractivity contribution in [1.82, 2.24) is 10.2 Å². The van der Waals surface area contributed by atoms with Crippen molar-refractivity contribution in [1.29, 1.82) is 0 Å². The molecule has 0 radical (unpaired) electrons. The first kappa shape index (κ1) is 23.5. The molecule has 0 amide bonds. The van der Waals surface area contributed by atoms with Gasteiger partial charge in [0, 0.05) is 19.6 Å². The second-order valence-corrected chi connectivity index (χ2v) is 6.69. The Kier molecular flexibility index (Phi) is 10.5. The van der Waals surface area contributed by atoms with Gasteiger partial charge in [-0.25, -0.2) is 4.99 Å². The summed E-state index contributed by atoms with van der Waals surface area (Å²) < 4.78 is 10.7. The minimum atomic E-state index is -0.103. The van der Waals surface area contributed by atoms with Gasteiger partial charge in [0.05, 0.1) is 19.6 Å². The predicted molar refractivity (Wildman–Crippen MR) is 119 cm³/mol. The number of ether oxygens (including phenoxy) is 2. The number of hydrogen-bond donors (Lipinski definition) is 1. The lowest BCUT2D eigenvalue weighted by atomic mass is 9.97. The normalized spacial score (nSPS) is 15.1. The molecule has 1 aliphatic rings. The van der Waals surface area contributed by atoms with E-state index in [1.165, 1.54) is 18.2 Å². The molecule has 0 saturated carbocycles. The second kappa shape index (κ2) is 12.0. The summed E-state index contributed by atoms with van der Waals surface area (Å²) in [4.78, 5) is 18.5. The fraction of sp³-hybridized carbons (Fsp3) is 0.600. The number of likely N-dealkylation sites (tertiary alicyclic amines) is 1. The average Bonchev–Trinajstić information content (AvgIpc) is 2.63. The minimum absolute atomic E-state index is 0. The van der Waals surface area contributed by atoms with Crippen molar-refractivity contribution in [2.45, 2.75) is 33.6 Å². The Morgan fingerprint density at radius 3 is 2.41 bits per heavy atom. The number of piperidine rings is 1. The number of aliphatic imine (C=N–C) groups is 1. The number of rotatable bonds is 6. The third kappa shape index (κ3) is 7.56. The fourth-order valence-electron chi connectivity index (χ4n) is 3.25. The lowest BCUT2D eigenvalue weighted by molar-refractivity contribution is -0.146. The highest BCUT2D eigenvalue weighted by Gasteiger charge is 2.26. The van der Waals surface area contributed by atoms with Crippen LogP contribution in [0.2, 0.25) is 0 Å². The van der Waals surface area contributed by atoms with E-state index in [-0.39, 0.29) is 35.9 Å². The van der Waals surface area contributed by atoms with E-state index in [4.69, 9.17) is 9.47 Å². The average molecular weight is 489 g/mol. The van der Waals surface area contributed by atoms with E-state index in [0.717, 1.165) is 44.2 Å². The monoisotopic (exact) mass is 489 g/mol. The van der Waals surface area contributed by atoms with Gasteiger partial charge in [-0.2, -0.15) is 0 Å². The van der Waals surface area contributed by atoms with Crippen molar-refractivity contribution in [2.75, 3.05) is 39.9 Å². The Hall–Kier alpha value is -1.51. The van der Waals surface area contributed by atoms with Crippen molar-refractivity contribution in [3.63, 3.8) is 0 Å². The first-order chi connectivity index (χ1) is 12.5. The van der Waals surface area contributed by atoms with E-state index in [0.29, 0.717) is 13.2 Å². The molecule has 27 heavy (non-hydrogen) atoms. The van der Waals surface area contributed by atoms with Crippen LogP contribution in [0.1, 0.15) is 30.9 Å². The van der Waals surface area contributed by atoms with Gasteiger partial charge in [0.15, 0.2) is 5.96 Å². The number of halogens is 1. The maximum Gasteiger partial charge on any atom is 0.308 e. The van der Waals surface area contributed by atoms with Gasteiger partial charge in [-0.15, -0.1) is 24.0 Å². The molecule has 0 atom stereocenters. The number of guanidine groups is 1. The first-order valence-electron chi connectivity index (χ1n) is 9.35. The van der Waals surface area contributed by atoms with Crippen molar-refractivity contribution >= 4 is 35.9 Å². The van der Waals surface area contributed by atoms with Crippen molar-refractivity contribution < 1.29 is 14.3 Å². The highest BCUT2D eigenvalue weighted by Crippen LogP contribution is 2.19. The zero-order valence-corrected chi connectivity index (χ0v) is 19.1. The fourth-order valence-corrected chi connectivity index (χ4v) is 3.25. The van der Waals surface area contributed by atoms with Crippen LogP contribution in [0.25, 0.3) is 0 Å². The number of nitrogens with zero attached hydrogens (tertiary/aromatic N) is 2. The number of carbonyl (C=O) groups is 1. The number of esters is 1. The summed E-state index contributed by atoms with van der Waals surface area (Å²) in [6.07, 6.45) is 1.60. The molecular weight excluding hydrogens is 457 g/mol. The molecule has 1 saturated heterocycles. The maximum absolute atomic E-state index is 11.7. The molecule has 0 bridgehead atoms. The Morgan fingerprint density at radius 1 is 1.22 bits per heavy atom. The summed E-state index contributed by atoms with van der Waals surface area (Å²) in [6.45, 7) is 9.75. The molecule has 1 heterocycles. The van der Waals surface area contributed by atoms with Gasteiger partial charge in [-0.1, -0.05) is 6.07 Å². The predicted octanol–water partition coefficient (Wildman–Crippen LogP) is 3.15. The molecule has 2 rings (SSSR count). The lowest BCUT2D eigenvalue weighted by Gasteiger charge is -2.33. The van der Waals surface area contributed by atoms with Gasteiger partial charge in [0.2, 0.25) is 0 Å². The second-order valence-electron chi connectivity index (χ2n) is 6.69. The highest BCUT2D eigenvalue weighted by molar-refractivity contribution is 14.0. The molecule has 1 aromatic rings. The largest absolute Gasteiger partial charge is 0.492 e. The van der Waals surface area contributed by atoms with Crippen LogP contribution in [0.5, 0.6) is 5.75 Å². The van der Waals surface area contributed by atoms with Crippen LogP contribution in [0.3, 0.4) is 0 Å². The lowest BCUT2D eigenvalue weighted by Crippen LogP contribution is -2.46. The molecule has 1 aliphatic heterocycles. The molecule has 152 valence electrons. The zero-order chi connectivity index (χ0) is 18.9. The molecule has 0 aliphatic carbocycles. The van der Waals surface area contributed by atoms with Crippen molar-refractivity contribution in [2.24, 2.45) is 10.9 Å². The maximum atomic E-state index is 11.7. The van der Waals surface area contributed by atoms with Gasteiger partial charge in [-0.05, 0) is 56.9 Å². The molecule has 1 aromatic carbocycles. The molecule has 7 heteroatoms. The summed E-state index contributed by atoms with van der Waals surface area (Å²) in [6, 6.07) is 6.21. The van der Waals surface area contributed by atoms with Crippen LogP contribution < -0.4 is 10.1 Å². The molecular formula is C20H32IN3O3. The Balaban J connectivity index is 0.00000364. The number of aryl methyl sites for hydroxylation is 2. The Bertz CT molecular complexity index is 609. The minimum Gasteiger partial charge on any atom is -0.492 e. The smallest absolute Gasteiger partial charge is 0.308 e. The number of methoxy groups -OCH3 is 1. The molecule has 1 N–H and O–H groups in total. The van der Waals surface area contributed by atoms with Gasteiger partial charge in [0.1, 0.15) is 12.4 Å². The SMILES string of the molecule is CCNC(=NCCOc1cc(C)cc(C)c1)N1CCC(C(=O)OC)CC1.I. The number of hydrogen-bond acceptors (Lipinski definition) is 4. The highest BCUT2D eigenvalue weighted by atomic mass is 127. The Morgan fingerprint density at radius 2 is 1.85 bits per heavy atom. The number of benzene rings is 1. The molecule has 0 spiro atoms. The Labute approximate surface area is 179 Å². The van der Waals surface area contributed by atoms with Crippen LogP contribution in [0.4, 0.5) is 0 Å². The van der Waals surface area contributed by atoms with E-state index < -0.39 is 0 Å². The molecule has 0 unspecified atom stereocenters. The van der Waals surface area contributed by atoms with E-state index >= 15 is 0 Å². The van der Waals surface area contributed by atoms with Crippen molar-refractivity contribution in [3.8, 4) is 5.75 Å². The zero-order valence-electron chi connectivity index (χ0n) is 16.8. The van der Waals surface area contributed by atoms with Gasteiger partial charge < -0.3 is 19.7 Å². The van der Waals surface area contributed by atoms with Crippen LogP contribution in [-0.4, -0.2) is 56.7 Å². The summed E-state index contributed by atoms with van der Waals surface area (Å²) in [7, 11) is 1.45. The number of nitrogens with one attached hydrogen (secondary N) is 1. The summed E-state index contributed by atoms with van der Waals surface area (Å²) >= 11 is 0. The number of carbonyl (C=O) groups excluding carboxylic acids is 1. The van der Waals surface area contributed by atoms with E-state index in [1.807, 2.05) is 12.1 Å². The van der Waals surface area contributed by atoms with Crippen LogP contribution in [0.15, 0.2) is 23.2 Å². The molecule has 0 aromatic heterocycles. The quantitative estimate of drug-likeness (QED) is 0.219. The topological polar surface area (TPSA) is 63.2 Å². The summed E-state index contributed by atoms with van der Waals surface area (Å²) in [5.74, 6) is 1.68. The summed E-state index contributed by atoms with van der Waals surface area (Å²) in [5.41, 5.74) is 2.40. The van der Waals surface area contributed by atoms with E-state index in [9.17, 15) is 4.79 Å².